The number of unbranched alkanes of at least 4 members (excludes halogenated alkanes) is 1. The third-order valence-corrected chi connectivity index (χ3v) is 9.58. The topological polar surface area (TPSA) is 43.6 Å². The number of benzene rings is 5. The lowest BCUT2D eigenvalue weighted by molar-refractivity contribution is 0.795. The molecule has 0 bridgehead atoms. The van der Waals surface area contributed by atoms with Crippen LogP contribution in [0.2, 0.25) is 0 Å². The molecule has 46 heavy (non-hydrogen) atoms. The number of hydrogen-bond acceptors (Lipinski definition) is 3. The molecule has 0 saturated carbocycles. The van der Waals surface area contributed by atoms with Gasteiger partial charge in [0.1, 0.15) is 5.82 Å². The fraction of sp³-hybridized carbons (Fsp3) is 0.0976. The minimum Gasteiger partial charge on any atom is -0.292 e. The number of aryl methyl sites for hydroxylation is 1. The third kappa shape index (κ3) is 5.14. The van der Waals surface area contributed by atoms with E-state index in [-0.39, 0.29) is 0 Å². The minimum absolute atomic E-state index is 0.940. The Morgan fingerprint density at radius 1 is 0.565 bits per heavy atom. The summed E-state index contributed by atoms with van der Waals surface area (Å²) in [5.41, 5.74) is 10.2. The van der Waals surface area contributed by atoms with Crippen LogP contribution < -0.4 is 0 Å². The molecular weight excluding hydrogens is 675 g/mol. The number of nitrogens with zero attached hydrogens (tertiary/aromatic N) is 4. The van der Waals surface area contributed by atoms with Crippen molar-refractivity contribution in [1.82, 2.24) is 19.5 Å². The van der Waals surface area contributed by atoms with E-state index in [4.69, 9.17) is 4.98 Å². The van der Waals surface area contributed by atoms with Crippen LogP contribution in [0.3, 0.4) is 0 Å². The number of aromatic nitrogens is 4. The van der Waals surface area contributed by atoms with Gasteiger partial charge in [-0.25, -0.2) is 4.98 Å². The van der Waals surface area contributed by atoms with Crippen molar-refractivity contribution in [1.29, 1.82) is 0 Å². The van der Waals surface area contributed by atoms with E-state index in [1.807, 2.05) is 24.8 Å². The maximum absolute atomic E-state index is 5.53. The maximum Gasteiger partial charge on any atom is 0.145 e. The molecule has 5 aromatic carbocycles. The zero-order valence-electron chi connectivity index (χ0n) is 25.5. The Morgan fingerprint density at radius 3 is 1.74 bits per heavy atom. The summed E-state index contributed by atoms with van der Waals surface area (Å²) >= 11 is 2.38. The van der Waals surface area contributed by atoms with Crippen molar-refractivity contribution in [3.05, 3.63) is 143 Å². The van der Waals surface area contributed by atoms with Gasteiger partial charge in [0.2, 0.25) is 0 Å². The van der Waals surface area contributed by atoms with Gasteiger partial charge in [0.15, 0.2) is 0 Å². The number of imidazole rings is 1. The molecule has 222 valence electrons. The molecule has 0 unspecified atom stereocenters. The minimum atomic E-state index is 0.940. The summed E-state index contributed by atoms with van der Waals surface area (Å²) in [7, 11) is 0. The molecule has 0 aliphatic heterocycles. The van der Waals surface area contributed by atoms with Crippen molar-refractivity contribution in [2.75, 3.05) is 0 Å². The normalized spacial score (nSPS) is 11.5. The molecule has 0 atom stereocenters. The average Bonchev–Trinajstić information content (AvgIpc) is 3.53. The molecule has 0 N–H and O–H groups in total. The highest BCUT2D eigenvalue weighted by atomic mass is 127. The molecule has 0 fully saturated rings. The molecule has 8 aromatic rings. The lowest BCUT2D eigenvalue weighted by atomic mass is 9.94. The maximum atomic E-state index is 5.53. The van der Waals surface area contributed by atoms with Crippen molar-refractivity contribution in [2.45, 2.75) is 26.2 Å². The molecule has 0 amide bonds. The van der Waals surface area contributed by atoms with E-state index in [1.54, 1.807) is 0 Å². The monoisotopic (exact) mass is 706 g/mol. The first-order chi connectivity index (χ1) is 22.7. The highest BCUT2D eigenvalue weighted by Gasteiger charge is 2.21. The van der Waals surface area contributed by atoms with Crippen molar-refractivity contribution in [3.8, 4) is 39.3 Å². The van der Waals surface area contributed by atoms with E-state index in [2.05, 4.69) is 153 Å². The summed E-state index contributed by atoms with van der Waals surface area (Å²) in [6.45, 7) is 2.24. The van der Waals surface area contributed by atoms with Crippen LogP contribution in [0.5, 0.6) is 0 Å². The standard InChI is InChI=1S/C41H31IN4/c1-2-3-4-27-5-7-30(8-6-27)41-45-39-37-25-31(28-17-21-43-22-18-28)9-15-35(37)36-16-10-32(29-19-23-44-24-20-29)26-38(36)40(39)46(41)34-13-11-33(42)12-14-34/h5-26H,2-4H2,1H3. The first-order valence-electron chi connectivity index (χ1n) is 15.8. The zero-order chi connectivity index (χ0) is 31.0. The average molecular weight is 707 g/mol. The molecule has 4 nitrogen and oxygen atoms in total. The predicted molar refractivity (Wildman–Crippen MR) is 199 cm³/mol. The fourth-order valence-electron chi connectivity index (χ4n) is 6.49. The first kappa shape index (κ1) is 28.6. The van der Waals surface area contributed by atoms with Crippen molar-refractivity contribution in [2.24, 2.45) is 0 Å². The van der Waals surface area contributed by atoms with Crippen LogP contribution in [-0.2, 0) is 6.42 Å². The number of pyridine rings is 2. The molecule has 8 rings (SSSR count). The van der Waals surface area contributed by atoms with Crippen LogP contribution >= 0.6 is 22.6 Å². The molecular formula is C41H31IN4. The van der Waals surface area contributed by atoms with Gasteiger partial charge >= 0.3 is 0 Å². The molecule has 3 heterocycles. The summed E-state index contributed by atoms with van der Waals surface area (Å²) in [4.78, 5) is 14.0. The van der Waals surface area contributed by atoms with Crippen LogP contribution in [-0.4, -0.2) is 19.5 Å². The largest absolute Gasteiger partial charge is 0.292 e. The Hall–Kier alpha value is -4.88. The summed E-state index contributed by atoms with van der Waals surface area (Å²) in [6, 6.07) is 39.6. The van der Waals surface area contributed by atoms with Gasteiger partial charge in [-0.05, 0) is 135 Å². The molecule has 0 spiro atoms. The van der Waals surface area contributed by atoms with E-state index >= 15 is 0 Å². The lowest BCUT2D eigenvalue weighted by Crippen LogP contribution is -1.99. The summed E-state index contributed by atoms with van der Waals surface area (Å²) in [6.07, 6.45) is 10.9. The van der Waals surface area contributed by atoms with Crippen LogP contribution in [0, 0.1) is 3.57 Å². The Bertz CT molecular complexity index is 2330. The van der Waals surface area contributed by atoms with Crippen molar-refractivity contribution >= 4 is 55.2 Å². The van der Waals surface area contributed by atoms with Gasteiger partial charge in [0.25, 0.3) is 0 Å². The second-order valence-electron chi connectivity index (χ2n) is 11.7. The summed E-state index contributed by atoms with van der Waals surface area (Å²) in [5, 5.41) is 4.70. The molecule has 3 aromatic heterocycles. The first-order valence-corrected chi connectivity index (χ1v) is 16.8. The van der Waals surface area contributed by atoms with E-state index in [9.17, 15) is 0 Å². The van der Waals surface area contributed by atoms with Crippen molar-refractivity contribution in [3.63, 3.8) is 0 Å². The second kappa shape index (κ2) is 12.1. The van der Waals surface area contributed by atoms with Crippen LogP contribution in [0.25, 0.3) is 71.9 Å². The van der Waals surface area contributed by atoms with Gasteiger partial charge in [-0.2, -0.15) is 0 Å². The van der Waals surface area contributed by atoms with E-state index < -0.39 is 0 Å². The van der Waals surface area contributed by atoms with E-state index in [0.717, 1.165) is 62.2 Å². The molecule has 5 heteroatoms. The van der Waals surface area contributed by atoms with Crippen LogP contribution in [0.1, 0.15) is 25.3 Å². The fourth-order valence-corrected chi connectivity index (χ4v) is 6.85. The van der Waals surface area contributed by atoms with Gasteiger partial charge in [-0.15, -0.1) is 0 Å². The number of rotatable bonds is 7. The molecule has 0 saturated heterocycles. The Morgan fingerprint density at radius 2 is 1.13 bits per heavy atom. The second-order valence-corrected chi connectivity index (χ2v) is 13.0. The third-order valence-electron chi connectivity index (χ3n) is 8.86. The van der Waals surface area contributed by atoms with Gasteiger partial charge in [0.05, 0.1) is 11.0 Å². The number of hydrogen-bond donors (Lipinski definition) is 0. The SMILES string of the molecule is CCCCc1ccc(-c2nc3c4cc(-c5ccncc5)ccc4c4ccc(-c5ccncc5)cc4c3n2-c2ccc(I)cc2)cc1. The quantitative estimate of drug-likeness (QED) is 0.122. The predicted octanol–water partition coefficient (Wildman–Crippen LogP) is 11.1. The molecule has 0 aliphatic rings. The van der Waals surface area contributed by atoms with E-state index in [1.165, 1.54) is 38.1 Å². The van der Waals surface area contributed by atoms with Crippen LogP contribution in [0.4, 0.5) is 0 Å². The number of fused-ring (bicyclic) bond motifs is 6. The van der Waals surface area contributed by atoms with Gasteiger partial charge in [-0.1, -0.05) is 61.9 Å². The zero-order valence-corrected chi connectivity index (χ0v) is 27.6. The highest BCUT2D eigenvalue weighted by molar-refractivity contribution is 14.1. The molecule has 0 aliphatic carbocycles. The lowest BCUT2D eigenvalue weighted by Gasteiger charge is -2.14. The highest BCUT2D eigenvalue weighted by Crippen LogP contribution is 2.42. The summed E-state index contributed by atoms with van der Waals surface area (Å²) < 4.78 is 3.56. The summed E-state index contributed by atoms with van der Waals surface area (Å²) in [5.74, 6) is 0.940. The Kier molecular flexibility index (Phi) is 7.54. The van der Waals surface area contributed by atoms with Gasteiger partial charge in [0, 0.05) is 50.4 Å². The van der Waals surface area contributed by atoms with Gasteiger partial charge in [-0.3, -0.25) is 14.5 Å². The van der Waals surface area contributed by atoms with Gasteiger partial charge < -0.3 is 0 Å². The van der Waals surface area contributed by atoms with E-state index in [0.29, 0.717) is 0 Å². The Labute approximate surface area is 282 Å². The smallest absolute Gasteiger partial charge is 0.145 e. The van der Waals surface area contributed by atoms with Crippen molar-refractivity contribution < 1.29 is 0 Å². The molecule has 0 radical (unpaired) electrons. The Balaban J connectivity index is 1.49. The number of halogens is 1. The van der Waals surface area contributed by atoms with Crippen LogP contribution in [0.15, 0.2) is 134 Å².